The highest BCUT2D eigenvalue weighted by Crippen LogP contribution is 2.22. The van der Waals surface area contributed by atoms with E-state index in [4.69, 9.17) is 11.2 Å². The van der Waals surface area contributed by atoms with Crippen LogP contribution in [-0.2, 0) is 4.74 Å². The van der Waals surface area contributed by atoms with Gasteiger partial charge in [-0.2, -0.15) is 0 Å². The molecule has 0 aromatic heterocycles. The molecule has 1 nitrogen and oxygen atoms in total. The minimum absolute atomic E-state index is 0.188. The molecule has 12 heavy (non-hydrogen) atoms. The van der Waals surface area contributed by atoms with Crippen LogP contribution in [0.25, 0.3) is 0 Å². The summed E-state index contributed by atoms with van der Waals surface area (Å²) in [6.45, 7) is 0. The quantitative estimate of drug-likeness (QED) is 0.399. The highest BCUT2D eigenvalue weighted by atomic mass is 32.2. The third-order valence-electron chi connectivity index (χ3n) is 1.34. The summed E-state index contributed by atoms with van der Waals surface area (Å²) < 4.78 is 5.03. The molecular weight excluding hydrogens is 168 g/mol. The Balaban J connectivity index is 2.58. The number of methoxy groups -OCH3 is 1. The molecule has 2 heteroatoms. The second kappa shape index (κ2) is 4.87. The van der Waals surface area contributed by atoms with Gasteiger partial charge in [-0.3, -0.25) is 0 Å². The first kappa shape index (κ1) is 9.18. The first-order valence-electron chi connectivity index (χ1n) is 3.57. The van der Waals surface area contributed by atoms with E-state index < -0.39 is 0 Å². The zero-order valence-corrected chi connectivity index (χ0v) is 7.67. The Kier molecular flexibility index (Phi) is 3.72. The van der Waals surface area contributed by atoms with E-state index in [1.54, 1.807) is 7.11 Å². The molecule has 1 aromatic carbocycles. The maximum absolute atomic E-state index is 5.24. The van der Waals surface area contributed by atoms with E-state index in [9.17, 15) is 0 Å². The topological polar surface area (TPSA) is 9.23 Å². The molecule has 0 spiro atoms. The van der Waals surface area contributed by atoms with E-state index in [2.05, 4.69) is 5.92 Å². The number of benzene rings is 1. The molecule has 1 rings (SSSR count). The van der Waals surface area contributed by atoms with Crippen molar-refractivity contribution < 1.29 is 4.74 Å². The van der Waals surface area contributed by atoms with Gasteiger partial charge in [0.1, 0.15) is 0 Å². The molecular formula is C10H10OS. The van der Waals surface area contributed by atoms with Crippen LogP contribution < -0.4 is 0 Å². The number of hydrogen-bond donors (Lipinski definition) is 0. The van der Waals surface area contributed by atoms with Crippen molar-refractivity contribution in [3.8, 4) is 12.3 Å². The van der Waals surface area contributed by atoms with Crippen molar-refractivity contribution in [2.75, 3.05) is 7.11 Å². The summed E-state index contributed by atoms with van der Waals surface area (Å²) in [4.78, 5) is 1.13. The fourth-order valence-electron chi connectivity index (χ4n) is 0.773. The minimum Gasteiger partial charge on any atom is -0.359 e. The monoisotopic (exact) mass is 178 g/mol. The van der Waals surface area contributed by atoms with Crippen LogP contribution in [0.1, 0.15) is 0 Å². The van der Waals surface area contributed by atoms with Crippen molar-refractivity contribution in [2.24, 2.45) is 0 Å². The van der Waals surface area contributed by atoms with Gasteiger partial charge in [-0.25, -0.2) is 0 Å². The molecule has 0 aliphatic heterocycles. The molecule has 1 aromatic rings. The summed E-state index contributed by atoms with van der Waals surface area (Å²) in [7, 11) is 1.61. The van der Waals surface area contributed by atoms with Gasteiger partial charge in [0.25, 0.3) is 0 Å². The van der Waals surface area contributed by atoms with E-state index in [1.807, 2.05) is 30.3 Å². The number of hydrogen-bond acceptors (Lipinski definition) is 2. The molecule has 1 unspecified atom stereocenters. The standard InChI is InChI=1S/C10H10OS/c1-3-10(11-2)12-9-7-5-4-6-8-9/h1,4-8,10H,2H3. The molecule has 0 fully saturated rings. The van der Waals surface area contributed by atoms with Crippen LogP contribution in [0.2, 0.25) is 0 Å². The number of terminal acetylenes is 1. The van der Waals surface area contributed by atoms with Gasteiger partial charge in [0.2, 0.25) is 0 Å². The molecule has 1 atom stereocenters. The normalized spacial score (nSPS) is 12.0. The van der Waals surface area contributed by atoms with Crippen molar-refractivity contribution in [1.82, 2.24) is 0 Å². The lowest BCUT2D eigenvalue weighted by Crippen LogP contribution is -2.00. The Hall–Kier alpha value is -0.910. The van der Waals surface area contributed by atoms with Crippen LogP contribution in [0, 0.1) is 12.3 Å². The highest BCUT2D eigenvalue weighted by Gasteiger charge is 2.03. The fourth-order valence-corrected chi connectivity index (χ4v) is 1.50. The fraction of sp³-hybridized carbons (Fsp3) is 0.200. The van der Waals surface area contributed by atoms with Gasteiger partial charge in [-0.15, -0.1) is 6.42 Å². The van der Waals surface area contributed by atoms with Gasteiger partial charge in [0, 0.05) is 12.0 Å². The summed E-state index contributed by atoms with van der Waals surface area (Å²) in [6, 6.07) is 9.95. The molecule has 0 saturated heterocycles. The molecule has 0 heterocycles. The van der Waals surface area contributed by atoms with E-state index in [-0.39, 0.29) is 5.44 Å². The van der Waals surface area contributed by atoms with Crippen LogP contribution in [-0.4, -0.2) is 12.5 Å². The van der Waals surface area contributed by atoms with Crippen LogP contribution >= 0.6 is 11.8 Å². The molecule has 0 saturated carbocycles. The maximum Gasteiger partial charge on any atom is 0.168 e. The van der Waals surface area contributed by atoms with Crippen LogP contribution in [0.5, 0.6) is 0 Å². The predicted octanol–water partition coefficient (Wildman–Crippen LogP) is 2.38. The SMILES string of the molecule is C#CC(OC)Sc1ccccc1. The molecule has 0 aliphatic carbocycles. The average molecular weight is 178 g/mol. The van der Waals surface area contributed by atoms with Crippen molar-refractivity contribution >= 4 is 11.8 Å². The van der Waals surface area contributed by atoms with Crippen molar-refractivity contribution in [2.45, 2.75) is 10.3 Å². The van der Waals surface area contributed by atoms with E-state index >= 15 is 0 Å². The summed E-state index contributed by atoms with van der Waals surface area (Å²) in [5.41, 5.74) is -0.188. The first-order valence-corrected chi connectivity index (χ1v) is 4.45. The maximum atomic E-state index is 5.24. The molecule has 0 radical (unpaired) electrons. The zero-order chi connectivity index (χ0) is 8.81. The van der Waals surface area contributed by atoms with Crippen LogP contribution in [0.15, 0.2) is 35.2 Å². The third kappa shape index (κ3) is 2.61. The van der Waals surface area contributed by atoms with Crippen molar-refractivity contribution in [3.05, 3.63) is 30.3 Å². The number of ether oxygens (including phenoxy) is 1. The lowest BCUT2D eigenvalue weighted by atomic mass is 10.4. The van der Waals surface area contributed by atoms with Crippen molar-refractivity contribution in [3.63, 3.8) is 0 Å². The van der Waals surface area contributed by atoms with Gasteiger partial charge in [-0.1, -0.05) is 35.9 Å². The average Bonchev–Trinajstić information content (AvgIpc) is 2.16. The Morgan fingerprint density at radius 2 is 2.08 bits per heavy atom. The Morgan fingerprint density at radius 3 is 2.58 bits per heavy atom. The Morgan fingerprint density at radius 1 is 1.42 bits per heavy atom. The Labute approximate surface area is 77.1 Å². The largest absolute Gasteiger partial charge is 0.359 e. The molecule has 0 bridgehead atoms. The van der Waals surface area contributed by atoms with Gasteiger partial charge >= 0.3 is 0 Å². The van der Waals surface area contributed by atoms with E-state index in [1.165, 1.54) is 11.8 Å². The van der Waals surface area contributed by atoms with E-state index in [0.717, 1.165) is 4.90 Å². The zero-order valence-electron chi connectivity index (χ0n) is 6.86. The second-order valence-corrected chi connectivity index (χ2v) is 3.30. The molecule has 0 aliphatic rings. The Bertz CT molecular complexity index is 263. The highest BCUT2D eigenvalue weighted by molar-refractivity contribution is 8.00. The molecule has 0 N–H and O–H groups in total. The van der Waals surface area contributed by atoms with Crippen LogP contribution in [0.4, 0.5) is 0 Å². The number of thioether (sulfide) groups is 1. The minimum atomic E-state index is -0.188. The second-order valence-electron chi connectivity index (χ2n) is 2.17. The lowest BCUT2D eigenvalue weighted by Gasteiger charge is -2.06. The molecule has 62 valence electrons. The summed E-state index contributed by atoms with van der Waals surface area (Å²) >= 11 is 1.53. The van der Waals surface area contributed by atoms with Gasteiger partial charge in [0.05, 0.1) is 0 Å². The summed E-state index contributed by atoms with van der Waals surface area (Å²) in [6.07, 6.45) is 5.24. The molecule has 0 amide bonds. The predicted molar refractivity (Wildman–Crippen MR) is 51.9 cm³/mol. The smallest absolute Gasteiger partial charge is 0.168 e. The number of rotatable bonds is 3. The summed E-state index contributed by atoms with van der Waals surface area (Å²) in [5, 5.41) is 0. The van der Waals surface area contributed by atoms with E-state index in [0.29, 0.717) is 0 Å². The van der Waals surface area contributed by atoms with Gasteiger partial charge < -0.3 is 4.74 Å². The van der Waals surface area contributed by atoms with Gasteiger partial charge in [-0.05, 0) is 12.1 Å². The third-order valence-corrected chi connectivity index (χ3v) is 2.42. The van der Waals surface area contributed by atoms with Crippen LogP contribution in [0.3, 0.4) is 0 Å². The van der Waals surface area contributed by atoms with Crippen molar-refractivity contribution in [1.29, 1.82) is 0 Å². The van der Waals surface area contributed by atoms with Gasteiger partial charge in [0.15, 0.2) is 5.44 Å². The lowest BCUT2D eigenvalue weighted by molar-refractivity contribution is 0.214. The summed E-state index contributed by atoms with van der Waals surface area (Å²) in [5.74, 6) is 2.54. The first-order chi connectivity index (χ1) is 5.86.